The number of benzene rings is 2. The van der Waals surface area contributed by atoms with Gasteiger partial charge in [-0.25, -0.2) is 9.97 Å². The molecule has 0 amide bonds. The summed E-state index contributed by atoms with van der Waals surface area (Å²) in [5.41, 5.74) is 4.25. The number of para-hydroxylation sites is 4. The third-order valence-electron chi connectivity index (χ3n) is 4.86. The Balaban J connectivity index is 1.45. The highest BCUT2D eigenvalue weighted by molar-refractivity contribution is 5.75. The number of nitrogens with one attached hydrogen (secondary N) is 3. The second-order valence-electron chi connectivity index (χ2n) is 6.48. The summed E-state index contributed by atoms with van der Waals surface area (Å²) < 4.78 is 0. The van der Waals surface area contributed by atoms with Gasteiger partial charge in [-0.3, -0.25) is 5.32 Å². The molecule has 2 aromatic heterocycles. The molecule has 5 nitrogen and oxygen atoms in total. The van der Waals surface area contributed by atoms with Crippen molar-refractivity contribution in [3.63, 3.8) is 0 Å². The first kappa shape index (κ1) is 13.7. The van der Waals surface area contributed by atoms with Crippen molar-refractivity contribution < 1.29 is 0 Å². The lowest BCUT2D eigenvalue weighted by atomic mass is 9.97. The van der Waals surface area contributed by atoms with Crippen LogP contribution < -0.4 is 5.32 Å². The monoisotopic (exact) mass is 317 g/mol. The average molecular weight is 317 g/mol. The minimum absolute atomic E-state index is 0.240. The molecule has 0 bridgehead atoms. The SMILES string of the molecule is c1ccc2[nH]c([C@@H]3CCC[C@H](c4nc5ccccc5[nH]4)N3)nc2c1. The van der Waals surface area contributed by atoms with Gasteiger partial charge in [0.2, 0.25) is 0 Å². The van der Waals surface area contributed by atoms with E-state index >= 15 is 0 Å². The summed E-state index contributed by atoms with van der Waals surface area (Å²) in [6, 6.07) is 16.9. The molecule has 120 valence electrons. The summed E-state index contributed by atoms with van der Waals surface area (Å²) in [7, 11) is 0. The molecule has 3 N–H and O–H groups in total. The Morgan fingerprint density at radius 3 is 1.71 bits per heavy atom. The molecule has 2 atom stereocenters. The fourth-order valence-electron chi connectivity index (χ4n) is 3.64. The van der Waals surface area contributed by atoms with Crippen LogP contribution in [0, 0.1) is 0 Å². The molecule has 5 heteroatoms. The molecule has 1 aliphatic heterocycles. The van der Waals surface area contributed by atoms with E-state index in [0.717, 1.165) is 53.0 Å². The number of hydrogen-bond acceptors (Lipinski definition) is 3. The average Bonchev–Trinajstić information content (AvgIpc) is 3.26. The Kier molecular flexibility index (Phi) is 3.13. The van der Waals surface area contributed by atoms with Crippen molar-refractivity contribution in [3.8, 4) is 0 Å². The first-order valence-corrected chi connectivity index (χ1v) is 8.52. The molecular weight excluding hydrogens is 298 g/mol. The fraction of sp³-hybridized carbons (Fsp3) is 0.263. The Labute approximate surface area is 139 Å². The third-order valence-corrected chi connectivity index (χ3v) is 4.86. The molecule has 2 aromatic carbocycles. The van der Waals surface area contributed by atoms with Crippen LogP contribution in [0.15, 0.2) is 48.5 Å². The molecule has 1 fully saturated rings. The molecule has 4 aromatic rings. The maximum absolute atomic E-state index is 4.76. The van der Waals surface area contributed by atoms with Gasteiger partial charge in [0, 0.05) is 0 Å². The van der Waals surface area contributed by atoms with Gasteiger partial charge >= 0.3 is 0 Å². The molecule has 0 unspecified atom stereocenters. The molecular formula is C19H19N5. The lowest BCUT2D eigenvalue weighted by molar-refractivity contribution is 0.314. The number of aromatic amines is 2. The van der Waals surface area contributed by atoms with Crippen LogP contribution in [0.2, 0.25) is 0 Å². The molecule has 0 radical (unpaired) electrons. The quantitative estimate of drug-likeness (QED) is 0.523. The molecule has 1 saturated heterocycles. The number of nitrogens with zero attached hydrogens (tertiary/aromatic N) is 2. The van der Waals surface area contributed by atoms with Crippen LogP contribution in [-0.4, -0.2) is 19.9 Å². The largest absolute Gasteiger partial charge is 0.341 e. The number of rotatable bonds is 2. The predicted octanol–water partition coefficient (Wildman–Crippen LogP) is 4.00. The van der Waals surface area contributed by atoms with E-state index in [9.17, 15) is 0 Å². The molecule has 3 heterocycles. The van der Waals surface area contributed by atoms with Crippen LogP contribution in [0.25, 0.3) is 22.1 Å². The lowest BCUT2D eigenvalue weighted by Crippen LogP contribution is -2.32. The van der Waals surface area contributed by atoms with E-state index in [0.29, 0.717) is 0 Å². The Hall–Kier alpha value is -2.66. The minimum Gasteiger partial charge on any atom is -0.341 e. The van der Waals surface area contributed by atoms with Gasteiger partial charge in [-0.1, -0.05) is 24.3 Å². The van der Waals surface area contributed by atoms with E-state index < -0.39 is 0 Å². The summed E-state index contributed by atoms with van der Waals surface area (Å²) in [4.78, 5) is 16.4. The van der Waals surface area contributed by atoms with Gasteiger partial charge in [0.05, 0.1) is 34.2 Å². The summed E-state index contributed by atoms with van der Waals surface area (Å²) in [5, 5.41) is 3.72. The topological polar surface area (TPSA) is 69.4 Å². The van der Waals surface area contributed by atoms with Crippen molar-refractivity contribution in [3.05, 3.63) is 60.2 Å². The van der Waals surface area contributed by atoms with Gasteiger partial charge in [0.1, 0.15) is 11.6 Å². The first-order valence-electron chi connectivity index (χ1n) is 8.52. The second-order valence-corrected chi connectivity index (χ2v) is 6.48. The maximum Gasteiger partial charge on any atom is 0.124 e. The van der Waals surface area contributed by atoms with Crippen LogP contribution in [-0.2, 0) is 0 Å². The van der Waals surface area contributed by atoms with Crippen LogP contribution in [0.3, 0.4) is 0 Å². The van der Waals surface area contributed by atoms with Crippen molar-refractivity contribution in [1.29, 1.82) is 0 Å². The Bertz CT molecular complexity index is 853. The summed E-state index contributed by atoms with van der Waals surface area (Å²) in [6.07, 6.45) is 3.35. The van der Waals surface area contributed by atoms with Crippen LogP contribution in [0.5, 0.6) is 0 Å². The number of hydrogen-bond donors (Lipinski definition) is 3. The van der Waals surface area contributed by atoms with Crippen LogP contribution in [0.1, 0.15) is 43.0 Å². The number of imidazole rings is 2. The van der Waals surface area contributed by atoms with E-state index in [1.54, 1.807) is 0 Å². The zero-order valence-corrected chi connectivity index (χ0v) is 13.3. The fourth-order valence-corrected chi connectivity index (χ4v) is 3.64. The Morgan fingerprint density at radius 2 is 1.21 bits per heavy atom. The third kappa shape index (κ3) is 2.29. The summed E-state index contributed by atoms with van der Waals surface area (Å²) in [6.45, 7) is 0. The van der Waals surface area contributed by atoms with Gasteiger partial charge in [-0.2, -0.15) is 0 Å². The number of aromatic nitrogens is 4. The second kappa shape index (κ2) is 5.46. The zero-order chi connectivity index (χ0) is 15.9. The number of piperidine rings is 1. The van der Waals surface area contributed by atoms with Gasteiger partial charge in [0.15, 0.2) is 0 Å². The highest BCUT2D eigenvalue weighted by Gasteiger charge is 2.27. The van der Waals surface area contributed by atoms with Crippen molar-refractivity contribution in [2.45, 2.75) is 31.3 Å². The first-order chi connectivity index (χ1) is 11.9. The standard InChI is InChI=1S/C19H19N5/c1-2-7-13-12(6-1)21-18(22-13)16-10-5-11-17(20-16)19-23-14-8-3-4-9-15(14)24-19/h1-4,6-9,16-17,20H,5,10-11H2,(H,21,22)(H,23,24)/t16-,17+. The zero-order valence-electron chi connectivity index (χ0n) is 13.3. The highest BCUT2D eigenvalue weighted by Crippen LogP contribution is 2.32. The number of fused-ring (bicyclic) bond motifs is 2. The van der Waals surface area contributed by atoms with E-state index in [1.807, 2.05) is 24.3 Å². The molecule has 0 aliphatic carbocycles. The highest BCUT2D eigenvalue weighted by atomic mass is 15.1. The molecule has 0 spiro atoms. The number of H-pyrrole nitrogens is 2. The molecule has 1 aliphatic rings. The van der Waals surface area contributed by atoms with Crippen molar-refractivity contribution in [2.24, 2.45) is 0 Å². The summed E-state index contributed by atoms with van der Waals surface area (Å²) >= 11 is 0. The van der Waals surface area contributed by atoms with Crippen molar-refractivity contribution in [1.82, 2.24) is 25.3 Å². The van der Waals surface area contributed by atoms with Gasteiger partial charge < -0.3 is 9.97 Å². The van der Waals surface area contributed by atoms with Gasteiger partial charge in [-0.15, -0.1) is 0 Å². The van der Waals surface area contributed by atoms with E-state index in [1.165, 1.54) is 0 Å². The van der Waals surface area contributed by atoms with E-state index in [2.05, 4.69) is 39.6 Å². The van der Waals surface area contributed by atoms with Gasteiger partial charge in [0.25, 0.3) is 0 Å². The maximum atomic E-state index is 4.76. The van der Waals surface area contributed by atoms with E-state index in [4.69, 9.17) is 9.97 Å². The van der Waals surface area contributed by atoms with Crippen molar-refractivity contribution in [2.75, 3.05) is 0 Å². The van der Waals surface area contributed by atoms with Crippen molar-refractivity contribution >= 4 is 22.1 Å². The van der Waals surface area contributed by atoms with Crippen LogP contribution in [0.4, 0.5) is 0 Å². The minimum atomic E-state index is 0.240. The lowest BCUT2D eigenvalue weighted by Gasteiger charge is -2.28. The normalized spacial score (nSPS) is 21.5. The molecule has 5 rings (SSSR count). The summed E-state index contributed by atoms with van der Waals surface area (Å²) in [5.74, 6) is 2.05. The molecule has 0 saturated carbocycles. The van der Waals surface area contributed by atoms with Gasteiger partial charge in [-0.05, 0) is 43.5 Å². The predicted molar refractivity (Wildman–Crippen MR) is 94.7 cm³/mol. The smallest absolute Gasteiger partial charge is 0.124 e. The van der Waals surface area contributed by atoms with E-state index in [-0.39, 0.29) is 12.1 Å². The Morgan fingerprint density at radius 1 is 0.708 bits per heavy atom. The molecule has 24 heavy (non-hydrogen) atoms. The van der Waals surface area contributed by atoms with Crippen LogP contribution >= 0.6 is 0 Å².